The largest absolute Gasteiger partial charge is 0.465 e. The predicted octanol–water partition coefficient (Wildman–Crippen LogP) is 4.46. The molecule has 0 saturated carbocycles. The molecule has 0 spiro atoms. The number of benzene rings is 1. The lowest BCUT2D eigenvalue weighted by Crippen LogP contribution is -2.29. The van der Waals surface area contributed by atoms with Crippen LogP contribution in [-0.2, 0) is 6.54 Å². The first-order valence-electron chi connectivity index (χ1n) is 7.96. The summed E-state index contributed by atoms with van der Waals surface area (Å²) in [5.41, 5.74) is 3.35. The highest BCUT2D eigenvalue weighted by atomic mass is 35.5. The summed E-state index contributed by atoms with van der Waals surface area (Å²) in [4.78, 5) is 20.0. The normalized spacial score (nSPS) is 10.7. The number of pyridine rings is 1. The maximum Gasteiger partial charge on any atom is 0.407 e. The van der Waals surface area contributed by atoms with Crippen molar-refractivity contribution >= 4 is 28.6 Å². The number of aromatic amines is 1. The molecule has 0 aliphatic rings. The molecule has 3 rings (SSSR count). The predicted molar refractivity (Wildman–Crippen MR) is 99.7 cm³/mol. The summed E-state index contributed by atoms with van der Waals surface area (Å²) in [6.45, 7) is 4.25. The van der Waals surface area contributed by atoms with E-state index < -0.39 is 6.09 Å². The van der Waals surface area contributed by atoms with Crippen LogP contribution in [0.25, 0.3) is 22.2 Å². The lowest BCUT2D eigenvalue weighted by molar-refractivity contribution is 0.143. The summed E-state index contributed by atoms with van der Waals surface area (Å²) in [7, 11) is 0. The number of rotatable bonds is 5. The highest BCUT2D eigenvalue weighted by molar-refractivity contribution is 6.31. The quantitative estimate of drug-likeness (QED) is 0.696. The molecular formula is C19H16ClN4O2. The molecule has 1 aromatic carbocycles. The summed E-state index contributed by atoms with van der Waals surface area (Å²) in [5.74, 6) is 0. The van der Waals surface area contributed by atoms with Crippen molar-refractivity contribution in [1.29, 1.82) is 5.26 Å². The molecule has 2 heterocycles. The van der Waals surface area contributed by atoms with Crippen molar-refractivity contribution in [1.82, 2.24) is 14.9 Å². The number of hydrogen-bond acceptors (Lipinski definition) is 3. The van der Waals surface area contributed by atoms with Gasteiger partial charge in [0.05, 0.1) is 17.8 Å². The molecular weight excluding hydrogens is 352 g/mol. The van der Waals surface area contributed by atoms with E-state index in [0.717, 1.165) is 16.5 Å². The van der Waals surface area contributed by atoms with Crippen LogP contribution in [0.2, 0.25) is 5.02 Å². The second-order valence-electron chi connectivity index (χ2n) is 5.82. The first-order valence-corrected chi connectivity index (χ1v) is 8.34. The number of aromatic nitrogens is 2. The van der Waals surface area contributed by atoms with E-state index in [1.807, 2.05) is 6.07 Å². The number of H-pyrrole nitrogens is 1. The number of carbonyl (C=O) groups is 1. The lowest BCUT2D eigenvalue weighted by atomic mass is 10.1. The zero-order valence-electron chi connectivity index (χ0n) is 13.9. The SMILES string of the molecule is [CH2]CCN(Cc1cncc(-c2[nH]c3cc(Cl)ccc3c2C#N)c1)C(=O)O. The lowest BCUT2D eigenvalue weighted by Gasteiger charge is -2.18. The molecule has 2 N–H and O–H groups in total. The Balaban J connectivity index is 2.02. The molecule has 7 heteroatoms. The number of halogens is 1. The Bertz CT molecular complexity index is 1010. The number of carboxylic acid groups (broad SMARTS) is 1. The van der Waals surface area contributed by atoms with Crippen LogP contribution in [0.5, 0.6) is 0 Å². The van der Waals surface area contributed by atoms with Crippen molar-refractivity contribution in [2.45, 2.75) is 13.0 Å². The van der Waals surface area contributed by atoms with Crippen LogP contribution in [0.3, 0.4) is 0 Å². The smallest absolute Gasteiger partial charge is 0.407 e. The standard InChI is InChI=1S/C19H16ClN4O2/c1-2-5-24(19(25)26)11-12-6-13(10-22-9-12)18-16(8-21)15-4-3-14(20)7-17(15)23-18/h3-4,6-7,9-10,23H,1-2,5,11H2,(H,25,26). The minimum atomic E-state index is -1.00. The van der Waals surface area contributed by atoms with E-state index in [9.17, 15) is 15.2 Å². The van der Waals surface area contributed by atoms with Gasteiger partial charge in [0.25, 0.3) is 0 Å². The second-order valence-corrected chi connectivity index (χ2v) is 6.25. The molecule has 0 atom stereocenters. The number of nitrogens with zero attached hydrogens (tertiary/aromatic N) is 3. The number of nitrogens with one attached hydrogen (secondary N) is 1. The van der Waals surface area contributed by atoms with Crippen LogP contribution < -0.4 is 0 Å². The van der Waals surface area contributed by atoms with E-state index >= 15 is 0 Å². The Morgan fingerprint density at radius 3 is 2.88 bits per heavy atom. The van der Waals surface area contributed by atoms with Crippen molar-refractivity contribution in [2.24, 2.45) is 0 Å². The molecule has 0 aliphatic carbocycles. The van der Waals surface area contributed by atoms with Crippen LogP contribution in [-0.4, -0.2) is 32.6 Å². The van der Waals surface area contributed by atoms with E-state index in [2.05, 4.69) is 23.0 Å². The van der Waals surface area contributed by atoms with E-state index in [1.54, 1.807) is 30.6 Å². The Morgan fingerprint density at radius 2 is 2.19 bits per heavy atom. The van der Waals surface area contributed by atoms with Gasteiger partial charge < -0.3 is 15.0 Å². The van der Waals surface area contributed by atoms with Gasteiger partial charge in [-0.2, -0.15) is 5.26 Å². The monoisotopic (exact) mass is 367 g/mol. The summed E-state index contributed by atoms with van der Waals surface area (Å²) in [6, 6.07) is 9.35. The molecule has 0 unspecified atom stereocenters. The van der Waals surface area contributed by atoms with Crippen LogP contribution in [0.15, 0.2) is 36.7 Å². The molecule has 1 radical (unpaired) electrons. The average Bonchev–Trinajstić information content (AvgIpc) is 2.99. The van der Waals surface area contributed by atoms with Gasteiger partial charge >= 0.3 is 6.09 Å². The van der Waals surface area contributed by atoms with E-state index in [4.69, 9.17) is 11.6 Å². The first-order chi connectivity index (χ1) is 12.5. The molecule has 6 nitrogen and oxygen atoms in total. The topological polar surface area (TPSA) is 93.0 Å². The fraction of sp³-hybridized carbons (Fsp3) is 0.158. The van der Waals surface area contributed by atoms with Gasteiger partial charge in [-0.15, -0.1) is 0 Å². The minimum absolute atomic E-state index is 0.208. The van der Waals surface area contributed by atoms with Crippen molar-refractivity contribution in [3.05, 3.63) is 59.7 Å². The van der Waals surface area contributed by atoms with Crippen molar-refractivity contribution in [2.75, 3.05) is 6.54 Å². The number of amides is 1. The van der Waals surface area contributed by atoms with Gasteiger partial charge in [-0.05, 0) is 36.2 Å². The first kappa shape index (κ1) is 17.8. The molecule has 0 saturated heterocycles. The average molecular weight is 368 g/mol. The van der Waals surface area contributed by atoms with Gasteiger partial charge in [-0.3, -0.25) is 4.98 Å². The number of fused-ring (bicyclic) bond motifs is 1. The van der Waals surface area contributed by atoms with Gasteiger partial charge in [-0.1, -0.05) is 18.5 Å². The zero-order valence-corrected chi connectivity index (χ0v) is 14.6. The van der Waals surface area contributed by atoms with Crippen LogP contribution in [0.1, 0.15) is 17.5 Å². The fourth-order valence-corrected chi connectivity index (χ4v) is 3.04. The zero-order chi connectivity index (χ0) is 18.7. The molecule has 0 fully saturated rings. The Labute approximate surface area is 155 Å². The third kappa shape index (κ3) is 3.48. The van der Waals surface area contributed by atoms with Gasteiger partial charge in [0, 0.05) is 40.4 Å². The molecule has 1 amide bonds. The number of hydrogen-bond donors (Lipinski definition) is 2. The van der Waals surface area contributed by atoms with Crippen molar-refractivity contribution in [3.63, 3.8) is 0 Å². The Morgan fingerprint density at radius 1 is 1.38 bits per heavy atom. The molecule has 0 aliphatic heterocycles. The van der Waals surface area contributed by atoms with Crippen molar-refractivity contribution in [3.8, 4) is 17.3 Å². The molecule has 3 aromatic rings. The van der Waals surface area contributed by atoms with Gasteiger partial charge in [0.1, 0.15) is 6.07 Å². The summed E-state index contributed by atoms with van der Waals surface area (Å²) < 4.78 is 0. The second kappa shape index (κ2) is 7.46. The maximum atomic E-state index is 11.3. The van der Waals surface area contributed by atoms with E-state index in [0.29, 0.717) is 34.8 Å². The van der Waals surface area contributed by atoms with Crippen molar-refractivity contribution < 1.29 is 9.90 Å². The summed E-state index contributed by atoms with van der Waals surface area (Å²) >= 11 is 6.03. The minimum Gasteiger partial charge on any atom is -0.465 e. The summed E-state index contributed by atoms with van der Waals surface area (Å²) in [6.07, 6.45) is 2.75. The van der Waals surface area contributed by atoms with Gasteiger partial charge in [-0.25, -0.2) is 4.79 Å². The molecule has 131 valence electrons. The third-order valence-electron chi connectivity index (χ3n) is 4.03. The van der Waals surface area contributed by atoms with E-state index in [1.165, 1.54) is 4.90 Å². The van der Waals surface area contributed by atoms with Crippen LogP contribution in [0.4, 0.5) is 4.79 Å². The van der Waals surface area contributed by atoms with E-state index in [-0.39, 0.29) is 6.54 Å². The third-order valence-corrected chi connectivity index (χ3v) is 4.26. The Kier molecular flexibility index (Phi) is 5.10. The fourth-order valence-electron chi connectivity index (χ4n) is 2.87. The van der Waals surface area contributed by atoms with Crippen LogP contribution in [0, 0.1) is 18.3 Å². The highest BCUT2D eigenvalue weighted by Crippen LogP contribution is 2.31. The molecule has 0 bridgehead atoms. The van der Waals surface area contributed by atoms with Crippen LogP contribution >= 0.6 is 11.6 Å². The molecule has 2 aromatic heterocycles. The maximum absolute atomic E-state index is 11.3. The molecule has 26 heavy (non-hydrogen) atoms. The van der Waals surface area contributed by atoms with Gasteiger partial charge in [0.2, 0.25) is 0 Å². The highest BCUT2D eigenvalue weighted by Gasteiger charge is 2.16. The Hall–Kier alpha value is -3.04. The number of nitriles is 1. The van der Waals surface area contributed by atoms with Gasteiger partial charge in [0.15, 0.2) is 0 Å². The summed E-state index contributed by atoms with van der Waals surface area (Å²) in [5, 5.41) is 20.2.